The Labute approximate surface area is 119 Å². The quantitative estimate of drug-likeness (QED) is 0.625. The standard InChI is InChI=1S/C16H22N2S/c1-12(2)14-7-5-13(6-8-14)10-15(18-17)11-16-4-3-9-19-16/h3-9,12,15,18H,10-11,17H2,1-2H3. The molecule has 0 saturated carbocycles. The molecule has 0 fully saturated rings. The van der Waals surface area contributed by atoms with Gasteiger partial charge in [-0.15, -0.1) is 11.3 Å². The van der Waals surface area contributed by atoms with E-state index in [1.165, 1.54) is 16.0 Å². The van der Waals surface area contributed by atoms with Gasteiger partial charge in [0.15, 0.2) is 0 Å². The molecule has 1 aromatic carbocycles. The van der Waals surface area contributed by atoms with Crippen LogP contribution in [0.5, 0.6) is 0 Å². The zero-order valence-corrected chi connectivity index (χ0v) is 12.4. The average molecular weight is 274 g/mol. The van der Waals surface area contributed by atoms with Gasteiger partial charge in [-0.3, -0.25) is 11.3 Å². The SMILES string of the molecule is CC(C)c1ccc(CC(Cc2cccs2)NN)cc1. The predicted octanol–water partition coefficient (Wildman–Crippen LogP) is 3.49. The number of thiophene rings is 1. The topological polar surface area (TPSA) is 38.0 Å². The highest BCUT2D eigenvalue weighted by molar-refractivity contribution is 7.09. The van der Waals surface area contributed by atoms with Gasteiger partial charge in [0.2, 0.25) is 0 Å². The molecule has 0 aliphatic carbocycles. The van der Waals surface area contributed by atoms with Crippen LogP contribution in [0, 0.1) is 0 Å². The molecule has 0 saturated heterocycles. The number of nitrogens with one attached hydrogen (secondary N) is 1. The van der Waals surface area contributed by atoms with Crippen LogP contribution in [0.25, 0.3) is 0 Å². The van der Waals surface area contributed by atoms with Crippen molar-refractivity contribution in [1.29, 1.82) is 0 Å². The van der Waals surface area contributed by atoms with Crippen molar-refractivity contribution >= 4 is 11.3 Å². The van der Waals surface area contributed by atoms with E-state index in [1.54, 1.807) is 11.3 Å². The van der Waals surface area contributed by atoms with Crippen LogP contribution in [-0.2, 0) is 12.8 Å². The summed E-state index contributed by atoms with van der Waals surface area (Å²) in [5.41, 5.74) is 5.66. The molecule has 0 amide bonds. The van der Waals surface area contributed by atoms with Crippen LogP contribution in [0.3, 0.4) is 0 Å². The Morgan fingerprint density at radius 2 is 1.84 bits per heavy atom. The van der Waals surface area contributed by atoms with E-state index in [-0.39, 0.29) is 0 Å². The lowest BCUT2D eigenvalue weighted by Gasteiger charge is -2.15. The summed E-state index contributed by atoms with van der Waals surface area (Å²) in [7, 11) is 0. The van der Waals surface area contributed by atoms with Gasteiger partial charge in [-0.1, -0.05) is 44.2 Å². The number of hydrazine groups is 1. The molecule has 1 aromatic heterocycles. The van der Waals surface area contributed by atoms with Crippen LogP contribution in [0.15, 0.2) is 41.8 Å². The summed E-state index contributed by atoms with van der Waals surface area (Å²) in [6, 6.07) is 13.4. The van der Waals surface area contributed by atoms with Gasteiger partial charge in [-0.25, -0.2) is 0 Å². The summed E-state index contributed by atoms with van der Waals surface area (Å²) in [4.78, 5) is 1.38. The first-order valence-corrected chi connectivity index (χ1v) is 7.64. The maximum Gasteiger partial charge on any atom is 0.0299 e. The van der Waals surface area contributed by atoms with Crippen molar-refractivity contribution in [3.63, 3.8) is 0 Å². The van der Waals surface area contributed by atoms with Crippen LogP contribution < -0.4 is 11.3 Å². The highest BCUT2D eigenvalue weighted by atomic mass is 32.1. The van der Waals surface area contributed by atoms with E-state index >= 15 is 0 Å². The Hall–Kier alpha value is -1.16. The Morgan fingerprint density at radius 3 is 2.37 bits per heavy atom. The van der Waals surface area contributed by atoms with E-state index in [1.807, 2.05) is 0 Å². The van der Waals surface area contributed by atoms with Crippen LogP contribution in [0.4, 0.5) is 0 Å². The minimum atomic E-state index is 0.295. The smallest absolute Gasteiger partial charge is 0.0299 e. The first kappa shape index (κ1) is 14.3. The first-order valence-electron chi connectivity index (χ1n) is 6.76. The average Bonchev–Trinajstić information content (AvgIpc) is 2.91. The second-order valence-corrected chi connectivity index (χ2v) is 6.28. The van der Waals surface area contributed by atoms with Gasteiger partial charge in [0, 0.05) is 10.9 Å². The monoisotopic (exact) mass is 274 g/mol. The number of rotatable bonds is 6. The summed E-state index contributed by atoms with van der Waals surface area (Å²) in [6.45, 7) is 4.44. The fourth-order valence-electron chi connectivity index (χ4n) is 2.18. The lowest BCUT2D eigenvalue weighted by atomic mass is 9.98. The minimum Gasteiger partial charge on any atom is -0.271 e. The molecule has 0 aliphatic rings. The number of benzene rings is 1. The van der Waals surface area contributed by atoms with Crippen molar-refractivity contribution in [2.24, 2.45) is 5.84 Å². The van der Waals surface area contributed by atoms with Crippen molar-refractivity contribution in [2.45, 2.75) is 38.6 Å². The van der Waals surface area contributed by atoms with Crippen LogP contribution >= 0.6 is 11.3 Å². The molecule has 1 heterocycles. The summed E-state index contributed by atoms with van der Waals surface area (Å²) in [5.74, 6) is 6.26. The fraction of sp³-hybridized carbons (Fsp3) is 0.375. The van der Waals surface area contributed by atoms with E-state index in [4.69, 9.17) is 5.84 Å². The third-order valence-corrected chi connectivity index (χ3v) is 4.29. The van der Waals surface area contributed by atoms with E-state index in [9.17, 15) is 0 Å². The van der Waals surface area contributed by atoms with Gasteiger partial charge in [0.05, 0.1) is 0 Å². The molecule has 1 unspecified atom stereocenters. The molecule has 102 valence electrons. The molecule has 0 bridgehead atoms. The zero-order valence-electron chi connectivity index (χ0n) is 11.6. The molecule has 1 atom stereocenters. The van der Waals surface area contributed by atoms with Crippen LogP contribution in [0.2, 0.25) is 0 Å². The molecule has 0 spiro atoms. The Kier molecular flexibility index (Phi) is 5.14. The van der Waals surface area contributed by atoms with Gasteiger partial charge >= 0.3 is 0 Å². The third kappa shape index (κ3) is 4.16. The highest BCUT2D eigenvalue weighted by Crippen LogP contribution is 2.17. The van der Waals surface area contributed by atoms with Crippen molar-refractivity contribution in [3.05, 3.63) is 57.8 Å². The lowest BCUT2D eigenvalue weighted by Crippen LogP contribution is -2.38. The summed E-state index contributed by atoms with van der Waals surface area (Å²) >= 11 is 1.79. The first-order chi connectivity index (χ1) is 9.19. The Balaban J connectivity index is 1.97. The highest BCUT2D eigenvalue weighted by Gasteiger charge is 2.10. The molecular weight excluding hydrogens is 252 g/mol. The summed E-state index contributed by atoms with van der Waals surface area (Å²) in [5, 5.41) is 2.11. The van der Waals surface area contributed by atoms with Crippen molar-refractivity contribution < 1.29 is 0 Å². The molecule has 3 N–H and O–H groups in total. The number of hydrogen-bond acceptors (Lipinski definition) is 3. The Morgan fingerprint density at radius 1 is 1.11 bits per heavy atom. The second kappa shape index (κ2) is 6.85. The van der Waals surface area contributed by atoms with Crippen molar-refractivity contribution in [2.75, 3.05) is 0 Å². The Bertz CT molecular complexity index is 474. The molecule has 3 heteroatoms. The zero-order chi connectivity index (χ0) is 13.7. The maximum absolute atomic E-state index is 5.67. The molecule has 2 aromatic rings. The van der Waals surface area contributed by atoms with Crippen molar-refractivity contribution in [1.82, 2.24) is 5.43 Å². The van der Waals surface area contributed by atoms with E-state index in [2.05, 4.69) is 61.1 Å². The van der Waals surface area contributed by atoms with Gasteiger partial charge in [-0.2, -0.15) is 0 Å². The van der Waals surface area contributed by atoms with Crippen LogP contribution in [-0.4, -0.2) is 6.04 Å². The van der Waals surface area contributed by atoms with Crippen molar-refractivity contribution in [3.8, 4) is 0 Å². The molecule has 19 heavy (non-hydrogen) atoms. The molecule has 2 nitrogen and oxygen atoms in total. The predicted molar refractivity (Wildman–Crippen MR) is 83.4 cm³/mol. The van der Waals surface area contributed by atoms with Crippen LogP contribution in [0.1, 0.15) is 35.8 Å². The third-order valence-electron chi connectivity index (χ3n) is 3.39. The molecule has 2 rings (SSSR count). The molecule has 0 aliphatic heterocycles. The summed E-state index contributed by atoms with van der Waals surface area (Å²) in [6.07, 6.45) is 1.95. The largest absolute Gasteiger partial charge is 0.271 e. The van der Waals surface area contributed by atoms with Gasteiger partial charge in [0.1, 0.15) is 0 Å². The minimum absolute atomic E-state index is 0.295. The van der Waals surface area contributed by atoms with Gasteiger partial charge in [0.25, 0.3) is 0 Å². The number of nitrogens with two attached hydrogens (primary N) is 1. The maximum atomic E-state index is 5.67. The van der Waals surface area contributed by atoms with E-state index < -0.39 is 0 Å². The van der Waals surface area contributed by atoms with E-state index in [0.29, 0.717) is 12.0 Å². The second-order valence-electron chi connectivity index (χ2n) is 5.25. The molecular formula is C16H22N2S. The van der Waals surface area contributed by atoms with Gasteiger partial charge < -0.3 is 0 Å². The molecule has 0 radical (unpaired) electrons. The lowest BCUT2D eigenvalue weighted by molar-refractivity contribution is 0.525. The fourth-order valence-corrected chi connectivity index (χ4v) is 2.97. The van der Waals surface area contributed by atoms with Gasteiger partial charge in [-0.05, 0) is 41.3 Å². The van der Waals surface area contributed by atoms with E-state index in [0.717, 1.165) is 12.8 Å². The normalized spacial score (nSPS) is 12.8. The number of hydrogen-bond donors (Lipinski definition) is 2. The summed E-state index contributed by atoms with van der Waals surface area (Å²) < 4.78 is 0.